The van der Waals surface area contributed by atoms with Crippen LogP contribution >= 0.6 is 24.0 Å². The highest BCUT2D eigenvalue weighted by molar-refractivity contribution is 14.0. The molecule has 0 amide bonds. The number of aromatic nitrogens is 2. The second kappa shape index (κ2) is 8.36. The molecule has 0 aliphatic carbocycles. The zero-order valence-electron chi connectivity index (χ0n) is 12.8. The number of nitrogens with zero attached hydrogens (tertiary/aromatic N) is 4. The van der Waals surface area contributed by atoms with Gasteiger partial charge < -0.3 is 15.0 Å². The van der Waals surface area contributed by atoms with Gasteiger partial charge in [0.05, 0.1) is 5.69 Å². The van der Waals surface area contributed by atoms with Gasteiger partial charge in [-0.2, -0.15) is 0 Å². The van der Waals surface area contributed by atoms with Crippen LogP contribution in [0.5, 0.6) is 0 Å². The molecule has 120 valence electrons. The first-order chi connectivity index (χ1) is 10.3. The molecule has 0 spiro atoms. The molecule has 0 atom stereocenters. The maximum absolute atomic E-state index is 6.11. The van der Waals surface area contributed by atoms with E-state index in [9.17, 15) is 0 Å². The highest BCUT2D eigenvalue weighted by Gasteiger charge is 2.10. The SMILES string of the molecule is I.NC(=NCCc1cn2ccccc2n1)N1CCCCCC1. The third-order valence-electron chi connectivity index (χ3n) is 3.99. The summed E-state index contributed by atoms with van der Waals surface area (Å²) in [6.45, 7) is 2.79. The molecule has 0 saturated carbocycles. The Morgan fingerprint density at radius 2 is 1.95 bits per heavy atom. The summed E-state index contributed by atoms with van der Waals surface area (Å²) < 4.78 is 2.04. The van der Waals surface area contributed by atoms with Crippen LogP contribution in [0.25, 0.3) is 5.65 Å². The number of nitrogens with two attached hydrogens (primary N) is 1. The number of imidazole rings is 1. The Bertz CT molecular complexity index is 581. The molecule has 0 aromatic carbocycles. The molecule has 1 aliphatic heterocycles. The smallest absolute Gasteiger partial charge is 0.191 e. The largest absolute Gasteiger partial charge is 0.370 e. The van der Waals surface area contributed by atoms with E-state index in [2.05, 4.69) is 21.1 Å². The molecule has 0 unspecified atom stereocenters. The maximum atomic E-state index is 6.11. The lowest BCUT2D eigenvalue weighted by molar-refractivity contribution is 0.428. The van der Waals surface area contributed by atoms with E-state index >= 15 is 0 Å². The van der Waals surface area contributed by atoms with Gasteiger partial charge in [0.2, 0.25) is 0 Å². The van der Waals surface area contributed by atoms with Crippen LogP contribution in [0.2, 0.25) is 0 Å². The number of pyridine rings is 1. The monoisotopic (exact) mass is 413 g/mol. The number of guanidine groups is 1. The van der Waals surface area contributed by atoms with E-state index in [1.807, 2.05) is 28.8 Å². The van der Waals surface area contributed by atoms with E-state index in [4.69, 9.17) is 5.73 Å². The van der Waals surface area contributed by atoms with E-state index in [1.54, 1.807) is 0 Å². The van der Waals surface area contributed by atoms with Crippen LogP contribution in [-0.2, 0) is 6.42 Å². The van der Waals surface area contributed by atoms with Crippen molar-refractivity contribution in [3.8, 4) is 0 Å². The summed E-state index contributed by atoms with van der Waals surface area (Å²) in [6.07, 6.45) is 9.98. The van der Waals surface area contributed by atoms with Crippen LogP contribution in [0.1, 0.15) is 31.4 Å². The molecule has 0 bridgehead atoms. The van der Waals surface area contributed by atoms with Crippen LogP contribution in [0.15, 0.2) is 35.6 Å². The van der Waals surface area contributed by atoms with Crippen LogP contribution < -0.4 is 5.73 Å². The average molecular weight is 413 g/mol. The first-order valence-corrected chi connectivity index (χ1v) is 7.80. The van der Waals surface area contributed by atoms with Gasteiger partial charge in [-0.25, -0.2) is 4.98 Å². The van der Waals surface area contributed by atoms with Gasteiger partial charge >= 0.3 is 0 Å². The molecule has 5 nitrogen and oxygen atoms in total. The highest BCUT2D eigenvalue weighted by Crippen LogP contribution is 2.09. The van der Waals surface area contributed by atoms with E-state index in [0.29, 0.717) is 12.5 Å². The Kier molecular flexibility index (Phi) is 6.48. The first kappa shape index (κ1) is 17.1. The Hall–Kier alpha value is -1.31. The van der Waals surface area contributed by atoms with E-state index in [-0.39, 0.29) is 24.0 Å². The predicted octanol–water partition coefficient (Wildman–Crippen LogP) is 2.69. The summed E-state index contributed by atoms with van der Waals surface area (Å²) in [5, 5.41) is 0. The Labute approximate surface area is 148 Å². The Balaban J connectivity index is 0.00000176. The Morgan fingerprint density at radius 1 is 1.18 bits per heavy atom. The molecule has 3 rings (SSSR count). The molecule has 2 N–H and O–H groups in total. The van der Waals surface area contributed by atoms with Crippen molar-refractivity contribution in [3.63, 3.8) is 0 Å². The predicted molar refractivity (Wildman–Crippen MR) is 101 cm³/mol. The lowest BCUT2D eigenvalue weighted by Gasteiger charge is -2.20. The fraction of sp³-hybridized carbons (Fsp3) is 0.500. The summed E-state index contributed by atoms with van der Waals surface area (Å²) in [7, 11) is 0. The molecule has 1 aliphatic rings. The van der Waals surface area contributed by atoms with Gasteiger partial charge in [-0.05, 0) is 25.0 Å². The molecular weight excluding hydrogens is 389 g/mol. The average Bonchev–Trinajstić information content (AvgIpc) is 2.71. The van der Waals surface area contributed by atoms with Crippen molar-refractivity contribution in [2.75, 3.05) is 19.6 Å². The number of fused-ring (bicyclic) bond motifs is 1. The van der Waals surface area contributed by atoms with Gasteiger partial charge in [0, 0.05) is 38.4 Å². The minimum absolute atomic E-state index is 0. The number of aliphatic imine (C=N–C) groups is 1. The minimum Gasteiger partial charge on any atom is -0.370 e. The lowest BCUT2D eigenvalue weighted by Crippen LogP contribution is -2.38. The summed E-state index contributed by atoms with van der Waals surface area (Å²) in [5.41, 5.74) is 8.15. The molecule has 22 heavy (non-hydrogen) atoms. The molecule has 2 aromatic heterocycles. The van der Waals surface area contributed by atoms with Gasteiger partial charge in [-0.15, -0.1) is 24.0 Å². The van der Waals surface area contributed by atoms with Gasteiger partial charge in [0.15, 0.2) is 5.96 Å². The van der Waals surface area contributed by atoms with E-state index < -0.39 is 0 Å². The topological polar surface area (TPSA) is 58.9 Å². The molecule has 1 fully saturated rings. The molecule has 6 heteroatoms. The standard InChI is InChI=1S/C16H23N5.HI/c17-16(20-10-4-1-2-5-11-20)18-9-8-14-13-21-12-6-3-7-15(21)19-14;/h3,6-7,12-13H,1-2,4-5,8-11H2,(H2,17,18);1H. The number of halogens is 1. The van der Waals surface area contributed by atoms with Gasteiger partial charge in [-0.1, -0.05) is 18.9 Å². The highest BCUT2D eigenvalue weighted by atomic mass is 127. The molecule has 0 radical (unpaired) electrons. The third-order valence-corrected chi connectivity index (χ3v) is 3.99. The minimum atomic E-state index is 0. The molecular formula is C16H24IN5. The lowest BCUT2D eigenvalue weighted by atomic mass is 10.2. The van der Waals surface area contributed by atoms with Gasteiger partial charge in [0.25, 0.3) is 0 Å². The summed E-state index contributed by atoms with van der Waals surface area (Å²) in [6, 6.07) is 6.02. The number of hydrogen-bond acceptors (Lipinski definition) is 2. The fourth-order valence-electron chi connectivity index (χ4n) is 2.79. The molecule has 3 heterocycles. The van der Waals surface area contributed by atoms with Crippen molar-refractivity contribution < 1.29 is 0 Å². The van der Waals surface area contributed by atoms with Crippen LogP contribution in [-0.4, -0.2) is 39.9 Å². The van der Waals surface area contributed by atoms with Crippen LogP contribution in [0.3, 0.4) is 0 Å². The molecule has 2 aromatic rings. The van der Waals surface area contributed by atoms with E-state index in [0.717, 1.165) is 30.9 Å². The number of likely N-dealkylation sites (tertiary alicyclic amines) is 1. The normalized spacial score (nSPS) is 16.4. The zero-order valence-corrected chi connectivity index (χ0v) is 15.1. The van der Waals surface area contributed by atoms with Crippen molar-refractivity contribution >= 4 is 35.6 Å². The zero-order chi connectivity index (χ0) is 14.5. The van der Waals surface area contributed by atoms with Crippen molar-refractivity contribution in [2.45, 2.75) is 32.1 Å². The summed E-state index contributed by atoms with van der Waals surface area (Å²) in [4.78, 5) is 11.3. The van der Waals surface area contributed by atoms with Gasteiger partial charge in [-0.3, -0.25) is 4.99 Å². The second-order valence-electron chi connectivity index (χ2n) is 5.59. The quantitative estimate of drug-likeness (QED) is 0.478. The van der Waals surface area contributed by atoms with Crippen molar-refractivity contribution in [3.05, 3.63) is 36.3 Å². The summed E-state index contributed by atoms with van der Waals surface area (Å²) >= 11 is 0. The van der Waals surface area contributed by atoms with Crippen molar-refractivity contribution in [2.24, 2.45) is 10.7 Å². The Morgan fingerprint density at radius 3 is 2.68 bits per heavy atom. The first-order valence-electron chi connectivity index (χ1n) is 7.80. The van der Waals surface area contributed by atoms with E-state index in [1.165, 1.54) is 25.7 Å². The van der Waals surface area contributed by atoms with Crippen LogP contribution in [0.4, 0.5) is 0 Å². The van der Waals surface area contributed by atoms with Crippen molar-refractivity contribution in [1.29, 1.82) is 0 Å². The third kappa shape index (κ3) is 4.34. The van der Waals surface area contributed by atoms with Crippen LogP contribution in [0, 0.1) is 0 Å². The second-order valence-corrected chi connectivity index (χ2v) is 5.59. The number of hydrogen-bond donors (Lipinski definition) is 1. The van der Waals surface area contributed by atoms with Crippen molar-refractivity contribution in [1.82, 2.24) is 14.3 Å². The molecule has 1 saturated heterocycles. The van der Waals surface area contributed by atoms with Gasteiger partial charge in [0.1, 0.15) is 5.65 Å². The maximum Gasteiger partial charge on any atom is 0.191 e. The summed E-state index contributed by atoms with van der Waals surface area (Å²) in [5.74, 6) is 0.695. The fourth-order valence-corrected chi connectivity index (χ4v) is 2.79. The number of rotatable bonds is 3.